The van der Waals surface area contributed by atoms with Crippen molar-refractivity contribution in [3.63, 3.8) is 0 Å². The van der Waals surface area contributed by atoms with E-state index < -0.39 is 46.5 Å². The summed E-state index contributed by atoms with van der Waals surface area (Å²) in [5, 5.41) is -1.59. The van der Waals surface area contributed by atoms with E-state index in [0.29, 0.717) is 0 Å². The maximum absolute atomic E-state index is 13.2. The van der Waals surface area contributed by atoms with E-state index in [1.54, 1.807) is 0 Å². The van der Waals surface area contributed by atoms with Gasteiger partial charge in [0.05, 0.1) is 43.3 Å². The largest absolute Gasteiger partial charge is 0.462 e. The molecule has 2 rings (SSSR count). The van der Waals surface area contributed by atoms with Gasteiger partial charge >= 0.3 is 23.9 Å². The van der Waals surface area contributed by atoms with Crippen molar-refractivity contribution in [3.05, 3.63) is 53.4 Å². The summed E-state index contributed by atoms with van der Waals surface area (Å²) in [6.07, 6.45) is 0. The van der Waals surface area contributed by atoms with Crippen LogP contribution in [0.4, 0.5) is 0 Å². The highest BCUT2D eigenvalue weighted by Gasteiger charge is 2.35. The molecule has 14 heteroatoms. The fraction of sp³-hybridized carbons (Fsp3) is 0.529. The molecule has 266 valence electrons. The Hall–Kier alpha value is -1.94. The summed E-state index contributed by atoms with van der Waals surface area (Å²) in [6, 6.07) is 2.23. The van der Waals surface area contributed by atoms with Crippen LogP contribution in [-0.2, 0) is 19.1 Å². The first-order valence-corrected chi connectivity index (χ1v) is 17.4. The summed E-state index contributed by atoms with van der Waals surface area (Å²) in [5.74, 6) is -6.16. The summed E-state index contributed by atoms with van der Waals surface area (Å²) < 4.78 is 21.4. The average Bonchev–Trinajstić information content (AvgIpc) is 2.99. The molecule has 0 N–H and O–H groups in total. The van der Waals surface area contributed by atoms with Crippen molar-refractivity contribution in [2.75, 3.05) is 13.2 Å². The molecule has 0 amide bonds. The van der Waals surface area contributed by atoms with Gasteiger partial charge in [-0.15, -0.1) is 0 Å². The van der Waals surface area contributed by atoms with Gasteiger partial charge in [-0.2, -0.15) is 0 Å². The monoisotopic (exact) mass is 786 g/mol. The Bertz CT molecular complexity index is 1450. The second-order valence-electron chi connectivity index (χ2n) is 13.4. The number of carbonyl (C=O) groups excluding carboxylic acids is 4. The minimum absolute atomic E-state index is 0.0116. The molecule has 0 aliphatic carbocycles. The van der Waals surface area contributed by atoms with Crippen molar-refractivity contribution in [2.45, 2.75) is 69.2 Å². The normalized spacial score (nSPS) is 13.3. The molecular formula is C34H40Cl6O8. The summed E-state index contributed by atoms with van der Waals surface area (Å²) in [5.41, 5.74) is -1.37. The van der Waals surface area contributed by atoms with Crippen LogP contribution in [0, 0.1) is 34.5 Å². The lowest BCUT2D eigenvalue weighted by molar-refractivity contribution is -0.156. The quantitative estimate of drug-likeness (QED) is 0.0906. The van der Waals surface area contributed by atoms with Crippen molar-refractivity contribution in [3.8, 4) is 11.5 Å². The van der Waals surface area contributed by atoms with Crippen molar-refractivity contribution in [1.82, 2.24) is 0 Å². The molecular weight excluding hydrogens is 749 g/mol. The highest BCUT2D eigenvalue weighted by molar-refractivity contribution is 6.47. The van der Waals surface area contributed by atoms with Crippen LogP contribution >= 0.6 is 69.6 Å². The third-order valence-electron chi connectivity index (χ3n) is 9.66. The molecule has 2 aromatic rings. The third-order valence-corrected chi connectivity index (χ3v) is 11.8. The Balaban J connectivity index is 2.39. The molecule has 0 saturated carbocycles. The lowest BCUT2D eigenvalue weighted by Gasteiger charge is -2.35. The van der Waals surface area contributed by atoms with Crippen molar-refractivity contribution < 1.29 is 38.1 Å². The number of halogens is 6. The van der Waals surface area contributed by atoms with Gasteiger partial charge in [-0.25, -0.2) is 19.2 Å². The second-order valence-corrected chi connectivity index (χ2v) is 15.8. The zero-order chi connectivity index (χ0) is 37.0. The first-order chi connectivity index (χ1) is 22.0. The Morgan fingerprint density at radius 1 is 0.562 bits per heavy atom. The number of hydrogen-bond donors (Lipinski definition) is 0. The van der Waals surface area contributed by atoms with Gasteiger partial charge in [-0.1, -0.05) is 139 Å². The number of ether oxygens (including phenoxy) is 4. The number of esters is 4. The molecule has 0 saturated heterocycles. The van der Waals surface area contributed by atoms with Crippen molar-refractivity contribution >= 4 is 93.5 Å². The average molecular weight is 789 g/mol. The minimum atomic E-state index is -1.66. The van der Waals surface area contributed by atoms with Gasteiger partial charge in [0.2, 0.25) is 0 Å². The molecule has 48 heavy (non-hydrogen) atoms. The van der Waals surface area contributed by atoms with Crippen LogP contribution < -0.4 is 9.47 Å². The maximum atomic E-state index is 13.2. The highest BCUT2D eigenvalue weighted by atomic mass is 35.5. The molecule has 2 atom stereocenters. The molecule has 2 unspecified atom stereocenters. The minimum Gasteiger partial charge on any atom is -0.462 e. The van der Waals surface area contributed by atoms with E-state index in [4.69, 9.17) is 88.6 Å². The van der Waals surface area contributed by atoms with Gasteiger partial charge in [0.1, 0.15) is 11.1 Å². The molecule has 0 fully saturated rings. The topological polar surface area (TPSA) is 105 Å². The fourth-order valence-electron chi connectivity index (χ4n) is 4.10. The highest BCUT2D eigenvalue weighted by Crippen LogP contribution is 2.43. The van der Waals surface area contributed by atoms with Gasteiger partial charge < -0.3 is 18.9 Å². The fourth-order valence-corrected chi connectivity index (χ4v) is 5.54. The lowest BCUT2D eigenvalue weighted by Crippen LogP contribution is -2.32. The van der Waals surface area contributed by atoms with Crippen LogP contribution in [0.25, 0.3) is 0 Å². The van der Waals surface area contributed by atoms with Crippen molar-refractivity contribution in [2.24, 2.45) is 34.5 Å². The van der Waals surface area contributed by atoms with Crippen molar-refractivity contribution in [1.29, 1.82) is 0 Å². The second kappa shape index (κ2) is 16.8. The summed E-state index contributed by atoms with van der Waals surface area (Å²) >= 11 is 37.5. The maximum Gasteiger partial charge on any atom is 0.423 e. The summed E-state index contributed by atoms with van der Waals surface area (Å²) in [7, 11) is 0. The van der Waals surface area contributed by atoms with Gasteiger partial charge in [0.25, 0.3) is 0 Å². The first-order valence-electron chi connectivity index (χ1n) is 15.1. The summed E-state index contributed by atoms with van der Waals surface area (Å²) in [6.45, 7) is 20.2. The van der Waals surface area contributed by atoms with Gasteiger partial charge in [-0.05, 0) is 46.6 Å². The van der Waals surface area contributed by atoms with E-state index in [2.05, 4.69) is 27.7 Å². The number of rotatable bonds is 12. The molecule has 2 aromatic carbocycles. The zero-order valence-corrected chi connectivity index (χ0v) is 32.9. The molecule has 0 aliphatic heterocycles. The van der Waals surface area contributed by atoms with Gasteiger partial charge in [0, 0.05) is 0 Å². The molecule has 0 radical (unpaired) electrons. The molecule has 0 spiro atoms. The van der Waals surface area contributed by atoms with Gasteiger partial charge in [0.15, 0.2) is 11.5 Å². The van der Waals surface area contributed by atoms with E-state index in [0.717, 1.165) is 12.1 Å². The summed E-state index contributed by atoms with van der Waals surface area (Å²) in [4.78, 5) is 52.6. The molecule has 0 heterocycles. The van der Waals surface area contributed by atoms with Crippen LogP contribution in [0.2, 0.25) is 30.1 Å². The van der Waals surface area contributed by atoms with E-state index in [1.807, 2.05) is 41.5 Å². The van der Waals surface area contributed by atoms with Crippen LogP contribution in [0.3, 0.4) is 0 Å². The molecule has 0 aliphatic rings. The predicted octanol–water partition coefficient (Wildman–Crippen LogP) is 11.1. The number of hydrogen-bond acceptors (Lipinski definition) is 8. The van der Waals surface area contributed by atoms with E-state index in [1.165, 1.54) is 0 Å². The third kappa shape index (κ3) is 9.64. The van der Waals surface area contributed by atoms with Crippen LogP contribution in [-0.4, -0.2) is 37.1 Å². The van der Waals surface area contributed by atoms with E-state index in [-0.39, 0.29) is 77.9 Å². The van der Waals surface area contributed by atoms with Crippen LogP contribution in [0.5, 0.6) is 11.5 Å². The Kier molecular flexibility index (Phi) is 14.8. The Morgan fingerprint density at radius 2 is 0.854 bits per heavy atom. The number of benzene rings is 2. The molecule has 8 nitrogen and oxygen atoms in total. The number of carbonyl (C=O) groups is 4. The SMILES string of the molecule is CC(C)C(C)(C)C(C)COC(=O)c1c(Cl)c(Cl)cc(Cl)c1OC(=O)C(=O)Oc1c(Cl)cc(Cl)c(Cl)c1C(=O)OCC(C)C(C)(C)C(C)C. The lowest BCUT2D eigenvalue weighted by atomic mass is 9.72. The molecule has 0 aromatic heterocycles. The van der Waals surface area contributed by atoms with Crippen LogP contribution in [0.1, 0.15) is 90.0 Å². The van der Waals surface area contributed by atoms with Crippen LogP contribution in [0.15, 0.2) is 12.1 Å². The molecule has 0 bridgehead atoms. The van der Waals surface area contributed by atoms with E-state index >= 15 is 0 Å². The van der Waals surface area contributed by atoms with Gasteiger partial charge in [-0.3, -0.25) is 0 Å². The Morgan fingerprint density at radius 3 is 1.12 bits per heavy atom. The van der Waals surface area contributed by atoms with E-state index in [9.17, 15) is 19.2 Å². The standard InChI is InChI=1S/C34H40Cl6O8/c1-15(2)33(7,8)17(5)13-45-29(41)23-25(39)19(35)11-21(37)27(23)47-31(43)32(44)48-28-22(38)12-20(36)26(40)24(28)30(42)46-14-18(6)34(9,10)16(3)4/h11-12,15-18H,13-14H2,1-10H3. The zero-order valence-electron chi connectivity index (χ0n) is 28.4. The smallest absolute Gasteiger partial charge is 0.423 e. The Labute approximate surface area is 311 Å². The predicted molar refractivity (Wildman–Crippen MR) is 190 cm³/mol. The first kappa shape index (κ1) is 42.2.